The summed E-state index contributed by atoms with van der Waals surface area (Å²) in [7, 11) is 0. The summed E-state index contributed by atoms with van der Waals surface area (Å²) in [6, 6.07) is 5.09. The van der Waals surface area contributed by atoms with E-state index in [2.05, 4.69) is 20.7 Å². The minimum absolute atomic E-state index is 0.0960. The van der Waals surface area contributed by atoms with E-state index in [4.69, 9.17) is 11.6 Å². The minimum Gasteiger partial charge on any atom is -0.355 e. The van der Waals surface area contributed by atoms with E-state index in [1.54, 1.807) is 18.2 Å². The van der Waals surface area contributed by atoms with Gasteiger partial charge in [0.15, 0.2) is 0 Å². The summed E-state index contributed by atoms with van der Waals surface area (Å²) in [5, 5.41) is 10.1. The maximum absolute atomic E-state index is 12.1. The van der Waals surface area contributed by atoms with Gasteiger partial charge in [0.1, 0.15) is 12.7 Å². The molecule has 0 atom stereocenters. The van der Waals surface area contributed by atoms with Crippen molar-refractivity contribution in [1.29, 1.82) is 0 Å². The van der Waals surface area contributed by atoms with Crippen LogP contribution in [0.3, 0.4) is 0 Å². The molecule has 1 heterocycles. The number of aromatic nitrogens is 3. The summed E-state index contributed by atoms with van der Waals surface area (Å²) in [5.74, 6) is -0.325. The zero-order chi connectivity index (χ0) is 17.7. The molecule has 0 spiro atoms. The van der Waals surface area contributed by atoms with Crippen LogP contribution in [0.5, 0.6) is 0 Å². The number of rotatable bonds is 5. The maximum atomic E-state index is 12.1. The van der Waals surface area contributed by atoms with E-state index in [9.17, 15) is 9.59 Å². The molecule has 1 aromatic heterocycles. The lowest BCUT2D eigenvalue weighted by Gasteiger charge is -2.17. The topological polar surface area (TPSA) is 88.9 Å². The predicted octanol–water partition coefficient (Wildman–Crippen LogP) is 2.41. The average molecular weight is 350 g/mol. The molecule has 7 nitrogen and oxygen atoms in total. The van der Waals surface area contributed by atoms with Crippen molar-refractivity contribution in [3.05, 3.63) is 35.9 Å². The third-order valence-electron chi connectivity index (χ3n) is 3.22. The predicted molar refractivity (Wildman–Crippen MR) is 92.1 cm³/mol. The molecule has 2 amide bonds. The zero-order valence-corrected chi connectivity index (χ0v) is 14.6. The van der Waals surface area contributed by atoms with E-state index in [0.29, 0.717) is 16.4 Å². The molecule has 0 radical (unpaired) electrons. The first-order valence-corrected chi connectivity index (χ1v) is 7.88. The van der Waals surface area contributed by atoms with Crippen LogP contribution >= 0.6 is 11.6 Å². The first kappa shape index (κ1) is 17.9. The molecule has 0 fully saturated rings. The molecule has 0 aliphatic carbocycles. The highest BCUT2D eigenvalue weighted by Crippen LogP contribution is 2.24. The van der Waals surface area contributed by atoms with E-state index < -0.39 is 5.41 Å². The monoisotopic (exact) mass is 349 g/mol. The fourth-order valence-electron chi connectivity index (χ4n) is 1.91. The van der Waals surface area contributed by atoms with Crippen molar-refractivity contribution in [3.8, 4) is 5.69 Å². The van der Waals surface area contributed by atoms with Gasteiger partial charge >= 0.3 is 0 Å². The summed E-state index contributed by atoms with van der Waals surface area (Å²) in [4.78, 5) is 27.8. The number of anilines is 1. The van der Waals surface area contributed by atoms with Gasteiger partial charge in [0.2, 0.25) is 11.8 Å². The van der Waals surface area contributed by atoms with Crippen molar-refractivity contribution in [3.63, 3.8) is 0 Å². The van der Waals surface area contributed by atoms with Gasteiger partial charge in [0.05, 0.1) is 11.4 Å². The Hall–Kier alpha value is -2.41. The highest BCUT2D eigenvalue weighted by atomic mass is 35.5. The van der Waals surface area contributed by atoms with Crippen molar-refractivity contribution in [2.75, 3.05) is 11.9 Å². The Morgan fingerprint density at radius 1 is 1.29 bits per heavy atom. The fraction of sp³-hybridized carbons (Fsp3) is 0.375. The SMILES string of the molecule is CC(C)(C)C(=O)NCCC(=O)Nc1cc(Cl)ccc1-n1cncn1. The van der Waals surface area contributed by atoms with E-state index >= 15 is 0 Å². The minimum atomic E-state index is -0.482. The van der Waals surface area contributed by atoms with Gasteiger partial charge in [0, 0.05) is 23.4 Å². The number of hydrogen-bond acceptors (Lipinski definition) is 4. The lowest BCUT2D eigenvalue weighted by Crippen LogP contribution is -2.36. The molecule has 128 valence electrons. The summed E-state index contributed by atoms with van der Waals surface area (Å²) in [6.07, 6.45) is 3.09. The molecule has 0 unspecified atom stereocenters. The van der Waals surface area contributed by atoms with Gasteiger partial charge in [-0.3, -0.25) is 9.59 Å². The van der Waals surface area contributed by atoms with Crippen LogP contribution in [0.2, 0.25) is 5.02 Å². The van der Waals surface area contributed by atoms with Crippen molar-refractivity contribution in [1.82, 2.24) is 20.1 Å². The zero-order valence-electron chi connectivity index (χ0n) is 13.8. The lowest BCUT2D eigenvalue weighted by atomic mass is 9.96. The van der Waals surface area contributed by atoms with Crippen LogP contribution in [0.1, 0.15) is 27.2 Å². The van der Waals surface area contributed by atoms with Crippen LogP contribution in [-0.2, 0) is 9.59 Å². The molecule has 0 saturated carbocycles. The summed E-state index contributed by atoms with van der Waals surface area (Å²) >= 11 is 6.00. The van der Waals surface area contributed by atoms with Crippen LogP contribution in [0.4, 0.5) is 5.69 Å². The highest BCUT2D eigenvalue weighted by molar-refractivity contribution is 6.31. The van der Waals surface area contributed by atoms with Crippen LogP contribution in [0.15, 0.2) is 30.9 Å². The number of carbonyl (C=O) groups is 2. The van der Waals surface area contributed by atoms with Crippen LogP contribution in [-0.4, -0.2) is 33.1 Å². The summed E-state index contributed by atoms with van der Waals surface area (Å²) in [6.45, 7) is 5.72. The Morgan fingerprint density at radius 3 is 2.67 bits per heavy atom. The number of carbonyl (C=O) groups excluding carboxylic acids is 2. The number of benzene rings is 1. The van der Waals surface area contributed by atoms with Crippen molar-refractivity contribution < 1.29 is 9.59 Å². The fourth-order valence-corrected chi connectivity index (χ4v) is 2.08. The molecule has 2 rings (SSSR count). The van der Waals surface area contributed by atoms with Crippen molar-refractivity contribution >= 4 is 29.1 Å². The first-order chi connectivity index (χ1) is 11.3. The van der Waals surface area contributed by atoms with Crippen molar-refractivity contribution in [2.24, 2.45) is 5.41 Å². The molecule has 2 aromatic rings. The Bertz CT molecular complexity index is 723. The molecule has 8 heteroatoms. The van der Waals surface area contributed by atoms with E-state index in [-0.39, 0.29) is 24.8 Å². The number of nitrogens with one attached hydrogen (secondary N) is 2. The van der Waals surface area contributed by atoms with Gasteiger partial charge in [-0.25, -0.2) is 9.67 Å². The van der Waals surface area contributed by atoms with Crippen LogP contribution in [0.25, 0.3) is 5.69 Å². The number of amides is 2. The second-order valence-corrected chi connectivity index (χ2v) is 6.74. The molecule has 0 saturated heterocycles. The number of halogens is 1. The van der Waals surface area contributed by atoms with Crippen LogP contribution in [0, 0.1) is 5.41 Å². The number of hydrogen-bond donors (Lipinski definition) is 2. The van der Waals surface area contributed by atoms with E-state index in [1.165, 1.54) is 17.3 Å². The Kier molecular flexibility index (Phi) is 5.56. The molecule has 0 aliphatic heterocycles. The Balaban J connectivity index is 1.99. The molecule has 2 N–H and O–H groups in total. The third kappa shape index (κ3) is 4.79. The lowest BCUT2D eigenvalue weighted by molar-refractivity contribution is -0.128. The van der Waals surface area contributed by atoms with E-state index in [1.807, 2.05) is 20.8 Å². The molecule has 0 aliphatic rings. The second-order valence-electron chi connectivity index (χ2n) is 6.31. The van der Waals surface area contributed by atoms with Gasteiger partial charge < -0.3 is 10.6 Å². The van der Waals surface area contributed by atoms with E-state index in [0.717, 1.165) is 0 Å². The quantitative estimate of drug-likeness (QED) is 0.867. The Labute approximate surface area is 145 Å². The number of nitrogens with zero attached hydrogens (tertiary/aromatic N) is 3. The van der Waals surface area contributed by atoms with Crippen molar-refractivity contribution in [2.45, 2.75) is 27.2 Å². The highest BCUT2D eigenvalue weighted by Gasteiger charge is 2.20. The molecule has 24 heavy (non-hydrogen) atoms. The molecule has 1 aromatic carbocycles. The summed E-state index contributed by atoms with van der Waals surface area (Å²) in [5.41, 5.74) is 0.702. The normalized spacial score (nSPS) is 11.2. The van der Waals surface area contributed by atoms with Gasteiger partial charge in [-0.15, -0.1) is 0 Å². The van der Waals surface area contributed by atoms with Gasteiger partial charge in [0.25, 0.3) is 0 Å². The average Bonchev–Trinajstić information content (AvgIpc) is 3.00. The third-order valence-corrected chi connectivity index (χ3v) is 3.45. The van der Waals surface area contributed by atoms with Gasteiger partial charge in [-0.2, -0.15) is 5.10 Å². The second kappa shape index (κ2) is 7.44. The maximum Gasteiger partial charge on any atom is 0.226 e. The van der Waals surface area contributed by atoms with Gasteiger partial charge in [-0.05, 0) is 18.2 Å². The standard InChI is InChI=1S/C16H20ClN5O2/c1-16(2,3)15(24)19-7-6-14(23)21-12-8-11(17)4-5-13(12)22-10-18-9-20-22/h4-5,8-10H,6-7H2,1-3H3,(H,19,24)(H,21,23). The Morgan fingerprint density at radius 2 is 2.04 bits per heavy atom. The molecular weight excluding hydrogens is 330 g/mol. The van der Waals surface area contributed by atoms with Gasteiger partial charge in [-0.1, -0.05) is 32.4 Å². The largest absolute Gasteiger partial charge is 0.355 e. The smallest absolute Gasteiger partial charge is 0.226 e. The van der Waals surface area contributed by atoms with Crippen LogP contribution < -0.4 is 10.6 Å². The summed E-state index contributed by atoms with van der Waals surface area (Å²) < 4.78 is 1.54. The first-order valence-electron chi connectivity index (χ1n) is 7.50. The molecular formula is C16H20ClN5O2. The molecule has 0 bridgehead atoms.